The molecule has 0 aromatic heterocycles. The molecule has 190 valence electrons. The lowest BCUT2D eigenvalue weighted by atomic mass is 9.33. The number of aliphatic carboxylic acids is 1. The quantitative estimate of drug-likeness (QED) is 0.401. The number of hydrogen-bond acceptors (Lipinski definition) is 2. The molecule has 0 bridgehead atoms. The zero-order chi connectivity index (χ0) is 25.1. The number of fused-ring (bicyclic) bond motifs is 7. The van der Waals surface area contributed by atoms with Crippen molar-refractivity contribution >= 4 is 11.8 Å². The first kappa shape index (κ1) is 24.6. The maximum Gasteiger partial charge on any atom is 0.306 e. The molecule has 5 aliphatic rings. The van der Waals surface area contributed by atoms with Crippen LogP contribution in [0.4, 0.5) is 0 Å². The minimum Gasteiger partial charge on any atom is -0.481 e. The number of carbonyl (C=O) groups excluding carboxylic acids is 1. The van der Waals surface area contributed by atoms with Crippen LogP contribution in [0.1, 0.15) is 113 Å². The predicted octanol–water partition coefficient (Wildman–Crippen LogP) is 7.69. The Labute approximate surface area is 207 Å². The van der Waals surface area contributed by atoms with Crippen LogP contribution in [0.25, 0.3) is 0 Å². The number of ketones is 1. The fraction of sp³-hybridized carbons (Fsp3) is 0.871. The average molecular weight is 469 g/mol. The lowest BCUT2D eigenvalue weighted by molar-refractivity contribution is -0.184. The molecule has 4 saturated carbocycles. The van der Waals surface area contributed by atoms with Crippen molar-refractivity contribution in [3.63, 3.8) is 0 Å². The molecule has 5 rings (SSSR count). The predicted molar refractivity (Wildman–Crippen MR) is 136 cm³/mol. The zero-order valence-electron chi connectivity index (χ0n) is 23.0. The molecule has 1 N–H and O–H groups in total. The summed E-state index contributed by atoms with van der Waals surface area (Å²) in [5, 5.41) is 10.2. The van der Waals surface area contributed by atoms with Gasteiger partial charge >= 0.3 is 5.97 Å². The van der Waals surface area contributed by atoms with Crippen LogP contribution in [0.3, 0.4) is 0 Å². The largest absolute Gasteiger partial charge is 0.481 e. The molecule has 0 saturated heterocycles. The summed E-state index contributed by atoms with van der Waals surface area (Å²) in [6.45, 7) is 19.1. The van der Waals surface area contributed by atoms with Crippen molar-refractivity contribution < 1.29 is 14.7 Å². The van der Waals surface area contributed by atoms with Crippen LogP contribution >= 0.6 is 0 Å². The maximum atomic E-state index is 13.0. The minimum atomic E-state index is -0.577. The number of allylic oxidation sites excluding steroid dienone is 2. The van der Waals surface area contributed by atoms with Crippen LogP contribution in [0.15, 0.2) is 11.1 Å². The highest BCUT2D eigenvalue weighted by atomic mass is 16.4. The minimum absolute atomic E-state index is 0.0743. The lowest BCUT2D eigenvalue weighted by Crippen LogP contribution is -2.64. The summed E-state index contributed by atoms with van der Waals surface area (Å²) in [5.41, 5.74) is 3.64. The molecule has 0 amide bonds. The topological polar surface area (TPSA) is 54.4 Å². The van der Waals surface area contributed by atoms with Crippen molar-refractivity contribution in [2.45, 2.75) is 113 Å². The summed E-state index contributed by atoms with van der Waals surface area (Å²) in [6, 6.07) is 0. The molecule has 4 fully saturated rings. The number of Topliss-reactive ketones (excluding diaryl/α,β-unsaturated/α-hetero) is 1. The number of carboxylic acids is 1. The van der Waals surface area contributed by atoms with Crippen LogP contribution in [-0.4, -0.2) is 16.9 Å². The Balaban J connectivity index is 1.61. The lowest BCUT2D eigenvalue weighted by Gasteiger charge is -2.70. The maximum absolute atomic E-state index is 13.0. The molecule has 0 radical (unpaired) electrons. The first-order chi connectivity index (χ1) is 15.6. The second-order valence-corrected chi connectivity index (χ2v) is 15.3. The summed E-state index contributed by atoms with van der Waals surface area (Å²) in [7, 11) is 0. The SMILES string of the molecule is CC1=C2C3CC(C)(C)C[C@@H](C(=O)O)C3CCC2(C)C2(C)CCC3C(C)(C)C(=O)CCC3(C)C2C1. The van der Waals surface area contributed by atoms with Gasteiger partial charge in [0.2, 0.25) is 0 Å². The van der Waals surface area contributed by atoms with Crippen molar-refractivity contribution in [2.75, 3.05) is 0 Å². The zero-order valence-corrected chi connectivity index (χ0v) is 23.0. The molecular formula is C31H48O3. The van der Waals surface area contributed by atoms with Gasteiger partial charge in [0, 0.05) is 11.8 Å². The molecule has 3 nitrogen and oxygen atoms in total. The van der Waals surface area contributed by atoms with Gasteiger partial charge in [-0.3, -0.25) is 9.59 Å². The Kier molecular flexibility index (Phi) is 5.22. The second-order valence-electron chi connectivity index (χ2n) is 15.3. The third-order valence-corrected chi connectivity index (χ3v) is 12.9. The Morgan fingerprint density at radius 3 is 2.24 bits per heavy atom. The third-order valence-electron chi connectivity index (χ3n) is 12.9. The van der Waals surface area contributed by atoms with Gasteiger partial charge in [0.15, 0.2) is 0 Å². The van der Waals surface area contributed by atoms with E-state index in [1.54, 1.807) is 11.1 Å². The normalized spacial score (nSPS) is 49.4. The number of rotatable bonds is 1. The van der Waals surface area contributed by atoms with E-state index in [9.17, 15) is 14.7 Å². The molecule has 0 aromatic rings. The molecular weight excluding hydrogens is 420 g/mol. The Morgan fingerprint density at radius 2 is 1.59 bits per heavy atom. The molecule has 8 atom stereocenters. The highest BCUT2D eigenvalue weighted by Crippen LogP contribution is 2.75. The highest BCUT2D eigenvalue weighted by molar-refractivity contribution is 5.85. The number of carbonyl (C=O) groups is 2. The van der Waals surface area contributed by atoms with Gasteiger partial charge in [0.1, 0.15) is 5.78 Å². The van der Waals surface area contributed by atoms with Crippen molar-refractivity contribution in [1.82, 2.24) is 0 Å². The summed E-state index contributed by atoms with van der Waals surface area (Å²) in [6.07, 6.45) is 9.39. The fourth-order valence-electron chi connectivity index (χ4n) is 11.1. The summed E-state index contributed by atoms with van der Waals surface area (Å²) in [4.78, 5) is 25.3. The van der Waals surface area contributed by atoms with Gasteiger partial charge in [-0.05, 0) is 104 Å². The van der Waals surface area contributed by atoms with Gasteiger partial charge in [-0.15, -0.1) is 0 Å². The molecule has 7 unspecified atom stereocenters. The number of carboxylic acid groups (broad SMARTS) is 1. The molecule has 0 heterocycles. The van der Waals surface area contributed by atoms with Gasteiger partial charge in [0.05, 0.1) is 5.92 Å². The average Bonchev–Trinajstić information content (AvgIpc) is 2.71. The fourth-order valence-corrected chi connectivity index (χ4v) is 11.1. The Hall–Kier alpha value is -1.12. The Morgan fingerprint density at radius 1 is 0.912 bits per heavy atom. The van der Waals surface area contributed by atoms with E-state index >= 15 is 0 Å². The van der Waals surface area contributed by atoms with Crippen molar-refractivity contribution in [2.24, 2.45) is 56.7 Å². The summed E-state index contributed by atoms with van der Waals surface area (Å²) in [5.74, 6) is 1.47. The van der Waals surface area contributed by atoms with E-state index < -0.39 is 5.97 Å². The van der Waals surface area contributed by atoms with E-state index in [0.29, 0.717) is 29.5 Å². The van der Waals surface area contributed by atoms with E-state index in [1.165, 1.54) is 6.42 Å². The van der Waals surface area contributed by atoms with Gasteiger partial charge < -0.3 is 5.11 Å². The molecule has 0 aromatic carbocycles. The molecule has 0 aliphatic heterocycles. The van der Waals surface area contributed by atoms with Crippen LogP contribution in [0.5, 0.6) is 0 Å². The first-order valence-electron chi connectivity index (χ1n) is 14.0. The first-order valence-corrected chi connectivity index (χ1v) is 14.0. The van der Waals surface area contributed by atoms with E-state index in [0.717, 1.165) is 51.4 Å². The molecule has 3 heteroatoms. The van der Waals surface area contributed by atoms with Gasteiger partial charge in [-0.1, -0.05) is 59.6 Å². The van der Waals surface area contributed by atoms with Gasteiger partial charge in [-0.25, -0.2) is 0 Å². The standard InChI is InChI=1S/C31H48O3/c1-18-15-23-29(6)12-11-24(32)28(4,5)22(29)10-14-30(23,7)31(8)13-9-19-20(25(18)31)16-27(2,3)17-21(19)26(33)34/h19-23H,9-17H2,1-8H3,(H,33,34)/t19?,20?,21-,22?,23?,29?,30?,31?/m1/s1. The van der Waals surface area contributed by atoms with Gasteiger partial charge in [0.25, 0.3) is 0 Å². The summed E-state index contributed by atoms with van der Waals surface area (Å²) < 4.78 is 0. The Bertz CT molecular complexity index is 956. The van der Waals surface area contributed by atoms with Crippen molar-refractivity contribution in [1.29, 1.82) is 0 Å². The van der Waals surface area contributed by atoms with E-state index in [2.05, 4.69) is 55.4 Å². The molecule has 34 heavy (non-hydrogen) atoms. The van der Waals surface area contributed by atoms with Crippen LogP contribution < -0.4 is 0 Å². The third kappa shape index (κ3) is 3.00. The molecule has 0 spiro atoms. The smallest absolute Gasteiger partial charge is 0.306 e. The van der Waals surface area contributed by atoms with Crippen LogP contribution in [0.2, 0.25) is 0 Å². The van der Waals surface area contributed by atoms with Crippen LogP contribution in [-0.2, 0) is 9.59 Å². The van der Waals surface area contributed by atoms with E-state index in [4.69, 9.17) is 0 Å². The molecule has 5 aliphatic carbocycles. The van der Waals surface area contributed by atoms with Gasteiger partial charge in [-0.2, -0.15) is 0 Å². The summed E-state index contributed by atoms with van der Waals surface area (Å²) >= 11 is 0. The van der Waals surface area contributed by atoms with Crippen molar-refractivity contribution in [3.8, 4) is 0 Å². The van der Waals surface area contributed by atoms with E-state index in [1.807, 2.05) is 0 Å². The van der Waals surface area contributed by atoms with E-state index in [-0.39, 0.29) is 33.0 Å². The highest BCUT2D eigenvalue weighted by Gasteiger charge is 2.68. The van der Waals surface area contributed by atoms with Crippen molar-refractivity contribution in [3.05, 3.63) is 11.1 Å². The second kappa shape index (κ2) is 7.22. The monoisotopic (exact) mass is 468 g/mol. The number of hydrogen-bond donors (Lipinski definition) is 1. The van der Waals surface area contributed by atoms with Crippen LogP contribution in [0, 0.1) is 56.7 Å².